The first kappa shape index (κ1) is 17.2. The van der Waals surface area contributed by atoms with Crippen molar-refractivity contribution in [3.63, 3.8) is 0 Å². The molecule has 1 aromatic rings. The van der Waals surface area contributed by atoms with E-state index in [0.717, 1.165) is 18.4 Å². The van der Waals surface area contributed by atoms with Crippen LogP contribution in [0.5, 0.6) is 0 Å². The largest absolute Gasteiger partial charge is 0.465 e. The standard InChI is InChI=1S/C14H26N2O3S/c1-7-8-10(2)16(6)20(17,18)14-12(4)19-11(3)13(14)9-15-5/h10,15H,7-9H2,1-6H3. The Hall–Kier alpha value is -0.850. The fourth-order valence-electron chi connectivity index (χ4n) is 2.41. The summed E-state index contributed by atoms with van der Waals surface area (Å²) in [5, 5.41) is 3.00. The fraction of sp³-hybridized carbons (Fsp3) is 0.714. The Morgan fingerprint density at radius 1 is 1.30 bits per heavy atom. The summed E-state index contributed by atoms with van der Waals surface area (Å²) in [6, 6.07) is -0.0259. The van der Waals surface area contributed by atoms with E-state index < -0.39 is 10.0 Å². The lowest BCUT2D eigenvalue weighted by Gasteiger charge is -2.24. The Morgan fingerprint density at radius 3 is 2.40 bits per heavy atom. The molecule has 5 nitrogen and oxygen atoms in total. The van der Waals surface area contributed by atoms with E-state index in [9.17, 15) is 8.42 Å². The van der Waals surface area contributed by atoms with Gasteiger partial charge in [0.25, 0.3) is 0 Å². The van der Waals surface area contributed by atoms with Crippen LogP contribution in [0.4, 0.5) is 0 Å². The van der Waals surface area contributed by atoms with Gasteiger partial charge < -0.3 is 9.73 Å². The first-order chi connectivity index (χ1) is 9.27. The molecule has 6 heteroatoms. The van der Waals surface area contributed by atoms with Crippen LogP contribution in [-0.4, -0.2) is 32.9 Å². The Labute approximate surface area is 122 Å². The third-order valence-electron chi connectivity index (χ3n) is 3.64. The van der Waals surface area contributed by atoms with E-state index in [1.165, 1.54) is 4.31 Å². The van der Waals surface area contributed by atoms with Gasteiger partial charge in [-0.3, -0.25) is 0 Å². The fourth-order valence-corrected chi connectivity index (χ4v) is 4.21. The van der Waals surface area contributed by atoms with Crippen molar-refractivity contribution in [2.24, 2.45) is 0 Å². The SMILES string of the molecule is CCCC(C)N(C)S(=O)(=O)c1c(C)oc(C)c1CNC. The maximum atomic E-state index is 12.8. The Balaban J connectivity index is 3.28. The van der Waals surface area contributed by atoms with Gasteiger partial charge in [0, 0.05) is 25.2 Å². The molecule has 1 unspecified atom stereocenters. The summed E-state index contributed by atoms with van der Waals surface area (Å²) in [5.74, 6) is 1.12. The zero-order chi connectivity index (χ0) is 15.5. The molecule has 0 saturated carbocycles. The van der Waals surface area contributed by atoms with Crippen LogP contribution in [0.1, 0.15) is 43.8 Å². The van der Waals surface area contributed by atoms with Gasteiger partial charge in [0.05, 0.1) is 0 Å². The van der Waals surface area contributed by atoms with Crippen LogP contribution >= 0.6 is 0 Å². The lowest BCUT2D eigenvalue weighted by Crippen LogP contribution is -2.35. The topological polar surface area (TPSA) is 62.6 Å². The number of sulfonamides is 1. The van der Waals surface area contributed by atoms with Crippen molar-refractivity contribution in [3.8, 4) is 0 Å². The molecule has 1 aromatic heterocycles. The molecule has 0 aliphatic heterocycles. The van der Waals surface area contributed by atoms with Gasteiger partial charge in [-0.05, 0) is 34.2 Å². The van der Waals surface area contributed by atoms with Crippen molar-refractivity contribution in [3.05, 3.63) is 17.1 Å². The van der Waals surface area contributed by atoms with Gasteiger partial charge in [0.2, 0.25) is 10.0 Å². The normalized spacial score (nSPS) is 13.9. The Bertz CT molecular complexity index is 549. The highest BCUT2D eigenvalue weighted by atomic mass is 32.2. The second-order valence-electron chi connectivity index (χ2n) is 5.21. The number of nitrogens with zero attached hydrogens (tertiary/aromatic N) is 1. The van der Waals surface area contributed by atoms with Crippen LogP contribution in [0.3, 0.4) is 0 Å². The van der Waals surface area contributed by atoms with E-state index in [2.05, 4.69) is 12.2 Å². The molecule has 1 rings (SSSR count). The van der Waals surface area contributed by atoms with Crippen LogP contribution in [0, 0.1) is 13.8 Å². The Kier molecular flexibility index (Phi) is 5.79. The van der Waals surface area contributed by atoms with Crippen LogP contribution in [0.25, 0.3) is 0 Å². The third kappa shape index (κ3) is 3.24. The molecule has 0 radical (unpaired) electrons. The maximum absolute atomic E-state index is 12.8. The van der Waals surface area contributed by atoms with Gasteiger partial charge in [0.1, 0.15) is 16.4 Å². The number of aryl methyl sites for hydroxylation is 2. The monoisotopic (exact) mass is 302 g/mol. The van der Waals surface area contributed by atoms with E-state index in [4.69, 9.17) is 4.42 Å². The minimum atomic E-state index is -3.52. The minimum Gasteiger partial charge on any atom is -0.465 e. The summed E-state index contributed by atoms with van der Waals surface area (Å²) in [5.41, 5.74) is 0.723. The smallest absolute Gasteiger partial charge is 0.246 e. The lowest BCUT2D eigenvalue weighted by atomic mass is 10.2. The molecule has 116 valence electrons. The molecule has 20 heavy (non-hydrogen) atoms. The zero-order valence-electron chi connectivity index (χ0n) is 13.3. The molecule has 0 bridgehead atoms. The van der Waals surface area contributed by atoms with Crippen molar-refractivity contribution >= 4 is 10.0 Å². The molecule has 0 amide bonds. The molecule has 1 heterocycles. The zero-order valence-corrected chi connectivity index (χ0v) is 14.1. The van der Waals surface area contributed by atoms with Gasteiger partial charge >= 0.3 is 0 Å². The highest BCUT2D eigenvalue weighted by molar-refractivity contribution is 7.89. The molecule has 0 aromatic carbocycles. The highest BCUT2D eigenvalue weighted by Crippen LogP contribution is 2.30. The van der Waals surface area contributed by atoms with E-state index in [0.29, 0.717) is 23.0 Å². The average molecular weight is 302 g/mol. The first-order valence-electron chi connectivity index (χ1n) is 6.98. The van der Waals surface area contributed by atoms with Crippen molar-refractivity contribution in [1.82, 2.24) is 9.62 Å². The third-order valence-corrected chi connectivity index (χ3v) is 5.81. The van der Waals surface area contributed by atoms with Crippen LogP contribution in [-0.2, 0) is 16.6 Å². The van der Waals surface area contributed by atoms with Crippen molar-refractivity contribution in [2.75, 3.05) is 14.1 Å². The van der Waals surface area contributed by atoms with Gasteiger partial charge in [-0.25, -0.2) is 8.42 Å². The van der Waals surface area contributed by atoms with Crippen molar-refractivity contribution in [1.29, 1.82) is 0 Å². The molecule has 0 fully saturated rings. The Morgan fingerprint density at radius 2 is 1.90 bits per heavy atom. The second-order valence-corrected chi connectivity index (χ2v) is 7.15. The molecule has 0 aliphatic carbocycles. The van der Waals surface area contributed by atoms with Crippen LogP contribution in [0.15, 0.2) is 9.31 Å². The van der Waals surface area contributed by atoms with Crippen LogP contribution < -0.4 is 5.32 Å². The van der Waals surface area contributed by atoms with Crippen LogP contribution in [0.2, 0.25) is 0 Å². The summed E-state index contributed by atoms with van der Waals surface area (Å²) >= 11 is 0. The van der Waals surface area contributed by atoms with Gasteiger partial charge in [-0.1, -0.05) is 13.3 Å². The summed E-state index contributed by atoms with van der Waals surface area (Å²) in [6.07, 6.45) is 1.79. The van der Waals surface area contributed by atoms with Crippen molar-refractivity contribution < 1.29 is 12.8 Å². The maximum Gasteiger partial charge on any atom is 0.246 e. The molecule has 1 atom stereocenters. The second kappa shape index (κ2) is 6.74. The molecule has 0 aliphatic rings. The lowest BCUT2D eigenvalue weighted by molar-refractivity contribution is 0.367. The molecule has 1 N–H and O–H groups in total. The molecular formula is C14H26N2O3S. The summed E-state index contributed by atoms with van der Waals surface area (Å²) in [6.45, 7) is 7.97. The van der Waals surface area contributed by atoms with E-state index in [1.54, 1.807) is 27.9 Å². The summed E-state index contributed by atoms with van der Waals surface area (Å²) in [7, 11) is -0.0908. The minimum absolute atomic E-state index is 0.0259. The quantitative estimate of drug-likeness (QED) is 0.840. The number of furan rings is 1. The number of rotatable bonds is 7. The van der Waals surface area contributed by atoms with E-state index in [1.807, 2.05) is 6.92 Å². The predicted molar refractivity (Wildman–Crippen MR) is 80.3 cm³/mol. The number of nitrogens with one attached hydrogen (secondary N) is 1. The summed E-state index contributed by atoms with van der Waals surface area (Å²) < 4.78 is 32.6. The van der Waals surface area contributed by atoms with Gasteiger partial charge in [0.15, 0.2) is 0 Å². The van der Waals surface area contributed by atoms with Gasteiger partial charge in [-0.15, -0.1) is 0 Å². The van der Waals surface area contributed by atoms with Gasteiger partial charge in [-0.2, -0.15) is 4.31 Å². The summed E-state index contributed by atoms with van der Waals surface area (Å²) in [4.78, 5) is 0.315. The van der Waals surface area contributed by atoms with E-state index in [-0.39, 0.29) is 6.04 Å². The molecular weight excluding hydrogens is 276 g/mol. The molecule has 0 saturated heterocycles. The predicted octanol–water partition coefficient (Wildman–Crippen LogP) is 2.42. The first-order valence-corrected chi connectivity index (χ1v) is 8.42. The average Bonchev–Trinajstić information content (AvgIpc) is 2.64. The number of hydrogen-bond acceptors (Lipinski definition) is 4. The van der Waals surface area contributed by atoms with E-state index >= 15 is 0 Å². The molecule has 0 spiro atoms. The number of hydrogen-bond donors (Lipinski definition) is 1. The highest BCUT2D eigenvalue weighted by Gasteiger charge is 2.32. The van der Waals surface area contributed by atoms with Crippen molar-refractivity contribution in [2.45, 2.75) is 58.0 Å².